The number of carbonyl (C=O) groups excluding carboxylic acids is 1. The molecular weight excluding hydrogens is 332 g/mol. The van der Waals surface area contributed by atoms with Gasteiger partial charge in [0.2, 0.25) is 5.91 Å². The van der Waals surface area contributed by atoms with Crippen LogP contribution in [-0.2, 0) is 17.8 Å². The number of nitrogens with zero attached hydrogens (tertiary/aromatic N) is 6. The maximum absolute atomic E-state index is 12.6. The van der Waals surface area contributed by atoms with Gasteiger partial charge in [0, 0.05) is 26.2 Å². The first-order chi connectivity index (χ1) is 12.7. The van der Waals surface area contributed by atoms with Crippen LogP contribution in [0.2, 0.25) is 0 Å². The highest BCUT2D eigenvalue weighted by atomic mass is 16.5. The Labute approximate surface area is 152 Å². The van der Waals surface area contributed by atoms with Crippen LogP contribution in [0.3, 0.4) is 0 Å². The lowest BCUT2D eigenvalue weighted by atomic mass is 10.1. The van der Waals surface area contributed by atoms with Gasteiger partial charge in [0.25, 0.3) is 0 Å². The minimum Gasteiger partial charge on any atom is -0.497 e. The van der Waals surface area contributed by atoms with E-state index >= 15 is 0 Å². The maximum Gasteiger partial charge on any atom is 0.227 e. The highest BCUT2D eigenvalue weighted by Crippen LogP contribution is 2.34. The van der Waals surface area contributed by atoms with E-state index in [0.717, 1.165) is 49.9 Å². The number of amides is 1. The van der Waals surface area contributed by atoms with Crippen LogP contribution >= 0.6 is 0 Å². The first-order valence-electron chi connectivity index (χ1n) is 9.13. The fraction of sp³-hybridized carbons (Fsp3) is 0.556. The molecule has 1 saturated carbocycles. The van der Waals surface area contributed by atoms with E-state index in [-0.39, 0.29) is 5.91 Å². The monoisotopic (exact) mass is 356 g/mol. The van der Waals surface area contributed by atoms with Gasteiger partial charge in [0.15, 0.2) is 5.82 Å². The Morgan fingerprint density at radius 1 is 1.23 bits per heavy atom. The van der Waals surface area contributed by atoms with Gasteiger partial charge in [0.05, 0.1) is 26.1 Å². The number of ether oxygens (including phenoxy) is 1. The fourth-order valence-corrected chi connectivity index (χ4v) is 3.34. The van der Waals surface area contributed by atoms with Crippen LogP contribution in [0.1, 0.15) is 30.3 Å². The molecule has 0 spiro atoms. The lowest BCUT2D eigenvalue weighted by molar-refractivity contribution is -0.132. The molecule has 0 atom stereocenters. The molecular formula is C18H24N6O2. The summed E-state index contributed by atoms with van der Waals surface area (Å²) in [4.78, 5) is 16.8. The van der Waals surface area contributed by atoms with Crippen molar-refractivity contribution in [1.82, 2.24) is 30.0 Å². The molecule has 2 aromatic rings. The summed E-state index contributed by atoms with van der Waals surface area (Å²) in [6, 6.07) is 8.19. The van der Waals surface area contributed by atoms with Crippen LogP contribution in [0, 0.1) is 0 Å². The molecule has 1 aromatic carbocycles. The minimum absolute atomic E-state index is 0.167. The zero-order valence-corrected chi connectivity index (χ0v) is 15.0. The highest BCUT2D eigenvalue weighted by Gasteiger charge is 2.29. The van der Waals surface area contributed by atoms with Gasteiger partial charge in [-0.05, 0) is 41.0 Å². The van der Waals surface area contributed by atoms with E-state index in [1.165, 1.54) is 12.8 Å². The average molecular weight is 356 g/mol. The predicted octanol–water partition coefficient (Wildman–Crippen LogP) is 0.903. The van der Waals surface area contributed by atoms with E-state index in [1.54, 1.807) is 7.11 Å². The fourth-order valence-electron chi connectivity index (χ4n) is 3.34. The van der Waals surface area contributed by atoms with Gasteiger partial charge >= 0.3 is 0 Å². The lowest BCUT2D eigenvalue weighted by Crippen LogP contribution is -2.49. The van der Waals surface area contributed by atoms with E-state index in [2.05, 4.69) is 20.4 Å². The predicted molar refractivity (Wildman–Crippen MR) is 94.6 cm³/mol. The van der Waals surface area contributed by atoms with Crippen molar-refractivity contribution >= 4 is 5.91 Å². The van der Waals surface area contributed by atoms with Crippen molar-refractivity contribution in [2.45, 2.75) is 31.8 Å². The van der Waals surface area contributed by atoms with Crippen LogP contribution < -0.4 is 4.74 Å². The van der Waals surface area contributed by atoms with Gasteiger partial charge in [-0.2, -0.15) is 0 Å². The summed E-state index contributed by atoms with van der Waals surface area (Å²) < 4.78 is 7.19. The Morgan fingerprint density at radius 3 is 2.77 bits per heavy atom. The number of hydrogen-bond acceptors (Lipinski definition) is 6. The molecule has 8 heteroatoms. The first kappa shape index (κ1) is 17.0. The number of benzene rings is 1. The molecule has 0 unspecified atom stereocenters. The van der Waals surface area contributed by atoms with Gasteiger partial charge in [0.1, 0.15) is 5.75 Å². The Morgan fingerprint density at radius 2 is 2.04 bits per heavy atom. The minimum atomic E-state index is 0.167. The standard InChI is InChI=1S/C18H24N6O2/c1-26-16-4-2-3-14(11-16)12-18(25)23-9-7-22(8-10-23)13-17-19-20-21-24(17)15-5-6-15/h2-4,11,15H,5-10,12-13H2,1H3. The number of piperazine rings is 1. The number of tetrazole rings is 1. The molecule has 4 rings (SSSR count). The van der Waals surface area contributed by atoms with Crippen molar-refractivity contribution in [3.05, 3.63) is 35.7 Å². The number of rotatable bonds is 6. The zero-order valence-electron chi connectivity index (χ0n) is 15.0. The van der Waals surface area contributed by atoms with Crippen LogP contribution in [0.15, 0.2) is 24.3 Å². The molecule has 1 aliphatic carbocycles. The molecule has 1 saturated heterocycles. The smallest absolute Gasteiger partial charge is 0.227 e. The molecule has 0 N–H and O–H groups in total. The summed E-state index contributed by atoms with van der Waals surface area (Å²) in [6.45, 7) is 3.94. The normalized spacial score (nSPS) is 18.1. The van der Waals surface area contributed by atoms with E-state index in [4.69, 9.17) is 4.74 Å². The highest BCUT2D eigenvalue weighted by molar-refractivity contribution is 5.79. The third kappa shape index (κ3) is 3.85. The molecule has 2 aliphatic rings. The lowest BCUT2D eigenvalue weighted by Gasteiger charge is -2.34. The number of carbonyl (C=O) groups is 1. The van der Waals surface area contributed by atoms with Gasteiger partial charge in [-0.3, -0.25) is 9.69 Å². The second-order valence-electron chi connectivity index (χ2n) is 6.96. The van der Waals surface area contributed by atoms with Crippen molar-refractivity contribution in [3.8, 4) is 5.75 Å². The Bertz CT molecular complexity index is 765. The van der Waals surface area contributed by atoms with Crippen LogP contribution in [0.4, 0.5) is 0 Å². The van der Waals surface area contributed by atoms with Crippen LogP contribution in [0.5, 0.6) is 5.75 Å². The molecule has 138 valence electrons. The van der Waals surface area contributed by atoms with Crippen molar-refractivity contribution in [2.24, 2.45) is 0 Å². The number of methoxy groups -OCH3 is 1. The Balaban J connectivity index is 1.28. The second kappa shape index (κ2) is 7.41. The van der Waals surface area contributed by atoms with Gasteiger partial charge in [-0.1, -0.05) is 12.1 Å². The summed E-state index contributed by atoms with van der Waals surface area (Å²) in [5.74, 6) is 1.89. The van der Waals surface area contributed by atoms with E-state index < -0.39 is 0 Å². The number of hydrogen-bond donors (Lipinski definition) is 0. The first-order valence-corrected chi connectivity index (χ1v) is 9.13. The molecule has 2 heterocycles. The van der Waals surface area contributed by atoms with Crippen molar-refractivity contribution in [1.29, 1.82) is 0 Å². The quantitative estimate of drug-likeness (QED) is 0.766. The zero-order chi connectivity index (χ0) is 17.9. The third-order valence-corrected chi connectivity index (χ3v) is 5.03. The molecule has 2 fully saturated rings. The van der Waals surface area contributed by atoms with Gasteiger partial charge < -0.3 is 9.64 Å². The molecule has 26 heavy (non-hydrogen) atoms. The molecule has 8 nitrogen and oxygen atoms in total. The van der Waals surface area contributed by atoms with Crippen LogP contribution in [0.25, 0.3) is 0 Å². The second-order valence-corrected chi connectivity index (χ2v) is 6.96. The maximum atomic E-state index is 12.6. The van der Waals surface area contributed by atoms with Gasteiger partial charge in [-0.15, -0.1) is 5.10 Å². The van der Waals surface area contributed by atoms with Crippen molar-refractivity contribution < 1.29 is 9.53 Å². The summed E-state index contributed by atoms with van der Waals surface area (Å²) >= 11 is 0. The summed E-state index contributed by atoms with van der Waals surface area (Å²) in [7, 11) is 1.64. The van der Waals surface area contributed by atoms with Crippen molar-refractivity contribution in [2.75, 3.05) is 33.3 Å². The molecule has 0 bridgehead atoms. The molecule has 1 aromatic heterocycles. The summed E-state index contributed by atoms with van der Waals surface area (Å²) in [6.07, 6.45) is 2.76. The molecule has 1 aliphatic heterocycles. The largest absolute Gasteiger partial charge is 0.497 e. The van der Waals surface area contributed by atoms with E-state index in [9.17, 15) is 4.79 Å². The van der Waals surface area contributed by atoms with Crippen LogP contribution in [-0.4, -0.2) is 69.2 Å². The summed E-state index contributed by atoms with van der Waals surface area (Å²) in [5.41, 5.74) is 0.986. The Kier molecular flexibility index (Phi) is 4.83. The van der Waals surface area contributed by atoms with E-state index in [1.807, 2.05) is 33.8 Å². The van der Waals surface area contributed by atoms with E-state index in [0.29, 0.717) is 12.5 Å². The number of aromatic nitrogens is 4. The summed E-state index contributed by atoms with van der Waals surface area (Å²) in [5, 5.41) is 12.1. The molecule has 0 radical (unpaired) electrons. The SMILES string of the molecule is COc1cccc(CC(=O)N2CCN(Cc3nnnn3C3CC3)CC2)c1. The molecule has 1 amide bonds. The third-order valence-electron chi connectivity index (χ3n) is 5.03. The topological polar surface area (TPSA) is 76.4 Å². The average Bonchev–Trinajstić information content (AvgIpc) is 3.41. The van der Waals surface area contributed by atoms with Gasteiger partial charge in [-0.25, -0.2) is 4.68 Å². The Hall–Kier alpha value is -2.48. The van der Waals surface area contributed by atoms with Crippen molar-refractivity contribution in [3.63, 3.8) is 0 Å².